The summed E-state index contributed by atoms with van der Waals surface area (Å²) >= 11 is 1.41. The molecule has 102 valence electrons. The monoisotopic (exact) mass is 280 g/mol. The van der Waals surface area contributed by atoms with Gasteiger partial charge in [-0.25, -0.2) is 4.98 Å². The van der Waals surface area contributed by atoms with Gasteiger partial charge in [-0.15, -0.1) is 21.5 Å². The van der Waals surface area contributed by atoms with Crippen LogP contribution < -0.4 is 0 Å². The Morgan fingerprint density at radius 2 is 1.95 bits per heavy atom. The molecule has 0 fully saturated rings. The Balaban J connectivity index is 0.000000861. The molecule has 0 N–H and O–H groups in total. The van der Waals surface area contributed by atoms with Crippen molar-refractivity contribution in [3.8, 4) is 10.6 Å². The highest BCUT2D eigenvalue weighted by Crippen LogP contribution is 2.28. The minimum Gasteiger partial charge on any atom is -0.308 e. The van der Waals surface area contributed by atoms with Gasteiger partial charge in [-0.1, -0.05) is 44.2 Å². The van der Waals surface area contributed by atoms with Gasteiger partial charge < -0.3 is 4.84 Å². The molecule has 0 aliphatic carbocycles. The molecule has 1 heterocycles. The van der Waals surface area contributed by atoms with Gasteiger partial charge in [0.1, 0.15) is 11.6 Å². The number of benzene rings is 1. The molecule has 1 aromatic carbocycles. The fourth-order valence-corrected chi connectivity index (χ4v) is 2.35. The molecule has 0 unspecified atom stereocenters. The van der Waals surface area contributed by atoms with E-state index in [9.17, 15) is 10.1 Å². The molecule has 5 nitrogen and oxygen atoms in total. The molecular weight excluding hydrogens is 264 g/mol. The van der Waals surface area contributed by atoms with Gasteiger partial charge in [-0.3, -0.25) is 0 Å². The van der Waals surface area contributed by atoms with Crippen LogP contribution in [0.25, 0.3) is 10.6 Å². The van der Waals surface area contributed by atoms with E-state index in [0.29, 0.717) is 0 Å². The van der Waals surface area contributed by atoms with Crippen LogP contribution in [-0.2, 0) is 11.4 Å². The van der Waals surface area contributed by atoms with Gasteiger partial charge in [0.25, 0.3) is 5.09 Å². The quantitative estimate of drug-likeness (QED) is 0.630. The zero-order valence-corrected chi connectivity index (χ0v) is 11.9. The number of hydrogen-bond acceptors (Lipinski definition) is 5. The summed E-state index contributed by atoms with van der Waals surface area (Å²) in [5, 5.41) is 10.2. The Morgan fingerprint density at radius 3 is 2.53 bits per heavy atom. The summed E-state index contributed by atoms with van der Waals surface area (Å²) < 4.78 is 0. The van der Waals surface area contributed by atoms with E-state index in [2.05, 4.69) is 9.82 Å². The van der Waals surface area contributed by atoms with Gasteiger partial charge >= 0.3 is 0 Å². The molecule has 0 atom stereocenters. The van der Waals surface area contributed by atoms with Gasteiger partial charge in [-0.05, 0) is 6.92 Å². The van der Waals surface area contributed by atoms with E-state index in [1.807, 2.05) is 51.1 Å². The van der Waals surface area contributed by atoms with Crippen molar-refractivity contribution in [3.63, 3.8) is 0 Å². The minimum atomic E-state index is -0.790. The lowest BCUT2D eigenvalue weighted by Crippen LogP contribution is -1.99. The largest absolute Gasteiger partial charge is 0.308 e. The van der Waals surface area contributed by atoms with E-state index in [1.54, 1.807) is 0 Å². The van der Waals surface area contributed by atoms with E-state index in [4.69, 9.17) is 0 Å². The molecule has 0 radical (unpaired) electrons. The summed E-state index contributed by atoms with van der Waals surface area (Å²) in [6, 6.07) is 9.70. The second-order valence-corrected chi connectivity index (χ2v) is 4.47. The van der Waals surface area contributed by atoms with Crippen LogP contribution >= 0.6 is 11.3 Å². The molecule has 1 aromatic heterocycles. The number of aryl methyl sites for hydroxylation is 1. The molecule has 19 heavy (non-hydrogen) atoms. The number of rotatable bonds is 4. The molecule has 0 spiro atoms. The SMILES string of the molecule is CC.Cc1nc(-c2ccccc2)sc1CO[N+](=O)[O-]. The lowest BCUT2D eigenvalue weighted by Gasteiger charge is -1.95. The molecule has 0 aliphatic rings. The first-order valence-electron chi connectivity index (χ1n) is 5.96. The summed E-state index contributed by atoms with van der Waals surface area (Å²) in [5.41, 5.74) is 1.78. The first kappa shape index (κ1) is 15.1. The minimum absolute atomic E-state index is 0.0384. The van der Waals surface area contributed by atoms with Crippen LogP contribution in [0.2, 0.25) is 0 Å². The first-order valence-corrected chi connectivity index (χ1v) is 6.77. The van der Waals surface area contributed by atoms with Crippen molar-refractivity contribution in [1.82, 2.24) is 4.98 Å². The fraction of sp³-hybridized carbons (Fsp3) is 0.308. The molecule has 0 saturated carbocycles. The van der Waals surface area contributed by atoms with Crippen LogP contribution in [0.1, 0.15) is 24.4 Å². The number of thiazole rings is 1. The lowest BCUT2D eigenvalue weighted by atomic mass is 10.2. The Labute approximate surface area is 116 Å². The van der Waals surface area contributed by atoms with E-state index in [0.717, 1.165) is 21.1 Å². The highest BCUT2D eigenvalue weighted by atomic mass is 32.1. The summed E-state index contributed by atoms with van der Waals surface area (Å²) in [5.74, 6) is 0. The molecular formula is C13H16N2O3S. The Morgan fingerprint density at radius 1 is 1.32 bits per heavy atom. The number of hydrogen-bond donors (Lipinski definition) is 0. The normalized spacial score (nSPS) is 9.42. The van der Waals surface area contributed by atoms with Crippen molar-refractivity contribution in [1.29, 1.82) is 0 Å². The fourth-order valence-electron chi connectivity index (χ4n) is 1.38. The van der Waals surface area contributed by atoms with Crippen molar-refractivity contribution in [2.75, 3.05) is 0 Å². The van der Waals surface area contributed by atoms with Gasteiger partial charge in [0.2, 0.25) is 0 Å². The van der Waals surface area contributed by atoms with Crippen molar-refractivity contribution in [2.45, 2.75) is 27.4 Å². The summed E-state index contributed by atoms with van der Waals surface area (Å²) in [6.45, 7) is 5.78. The van der Waals surface area contributed by atoms with Crippen molar-refractivity contribution in [2.24, 2.45) is 0 Å². The third-order valence-electron chi connectivity index (χ3n) is 2.21. The van der Waals surface area contributed by atoms with Crippen molar-refractivity contribution in [3.05, 3.63) is 51.0 Å². The maximum absolute atomic E-state index is 10.1. The Kier molecular flexibility index (Phi) is 5.95. The average molecular weight is 280 g/mol. The van der Waals surface area contributed by atoms with Gasteiger partial charge in [-0.2, -0.15) is 0 Å². The number of nitrogens with zero attached hydrogens (tertiary/aromatic N) is 2. The van der Waals surface area contributed by atoms with Crippen molar-refractivity contribution >= 4 is 11.3 Å². The van der Waals surface area contributed by atoms with Crippen molar-refractivity contribution < 1.29 is 9.92 Å². The Hall–Kier alpha value is -1.95. The first-order chi connectivity index (χ1) is 9.16. The lowest BCUT2D eigenvalue weighted by molar-refractivity contribution is -0.762. The zero-order chi connectivity index (χ0) is 14.3. The maximum atomic E-state index is 10.1. The van der Waals surface area contributed by atoms with E-state index in [1.165, 1.54) is 11.3 Å². The van der Waals surface area contributed by atoms with Crippen LogP contribution in [0, 0.1) is 17.0 Å². The van der Waals surface area contributed by atoms with Crippen LogP contribution in [0.3, 0.4) is 0 Å². The smallest absolute Gasteiger partial charge is 0.294 e. The Bertz CT molecular complexity index is 526. The second kappa shape index (κ2) is 7.48. The summed E-state index contributed by atoms with van der Waals surface area (Å²) in [7, 11) is 0. The predicted molar refractivity (Wildman–Crippen MR) is 75.4 cm³/mol. The molecule has 0 amide bonds. The highest BCUT2D eigenvalue weighted by molar-refractivity contribution is 7.15. The third kappa shape index (κ3) is 4.33. The van der Waals surface area contributed by atoms with Crippen LogP contribution in [0.4, 0.5) is 0 Å². The van der Waals surface area contributed by atoms with E-state index in [-0.39, 0.29) is 6.61 Å². The molecule has 6 heteroatoms. The summed E-state index contributed by atoms with van der Waals surface area (Å²) in [4.78, 5) is 19.6. The van der Waals surface area contributed by atoms with Gasteiger partial charge in [0.05, 0.1) is 10.6 Å². The van der Waals surface area contributed by atoms with Crippen LogP contribution in [0.15, 0.2) is 30.3 Å². The average Bonchev–Trinajstić information content (AvgIpc) is 2.81. The maximum Gasteiger partial charge on any atom is 0.294 e. The molecule has 2 rings (SSSR count). The summed E-state index contributed by atoms with van der Waals surface area (Å²) in [6.07, 6.45) is 0. The van der Waals surface area contributed by atoms with Crippen LogP contribution in [0.5, 0.6) is 0 Å². The van der Waals surface area contributed by atoms with E-state index >= 15 is 0 Å². The van der Waals surface area contributed by atoms with Gasteiger partial charge in [0.15, 0.2) is 0 Å². The molecule has 0 bridgehead atoms. The molecule has 0 saturated heterocycles. The highest BCUT2D eigenvalue weighted by Gasteiger charge is 2.10. The van der Waals surface area contributed by atoms with Gasteiger partial charge in [0, 0.05) is 5.56 Å². The number of aromatic nitrogens is 1. The molecule has 0 aliphatic heterocycles. The third-order valence-corrected chi connectivity index (χ3v) is 3.39. The van der Waals surface area contributed by atoms with E-state index < -0.39 is 5.09 Å². The molecule has 2 aromatic rings. The topological polar surface area (TPSA) is 65.3 Å². The zero-order valence-electron chi connectivity index (χ0n) is 11.1. The van der Waals surface area contributed by atoms with Crippen LogP contribution in [-0.4, -0.2) is 10.1 Å². The standard InChI is InChI=1S/C11H10N2O3S.C2H6/c1-8-10(7-16-13(14)15)17-11(12-8)9-5-3-2-4-6-9;1-2/h2-6H,7H2,1H3;1-2H3. The second-order valence-electron chi connectivity index (χ2n) is 3.39. The predicted octanol–water partition coefficient (Wildman–Crippen LogP) is 3.85.